The van der Waals surface area contributed by atoms with Crippen LogP contribution >= 0.6 is 11.3 Å². The molecule has 0 spiro atoms. The lowest BCUT2D eigenvalue weighted by molar-refractivity contribution is 0.188. The highest BCUT2D eigenvalue weighted by Gasteiger charge is 2.06. The molecule has 0 aromatic carbocycles. The second kappa shape index (κ2) is 7.85. The van der Waals surface area contributed by atoms with E-state index in [4.69, 9.17) is 4.74 Å². The Bertz CT molecular complexity index is 236. The van der Waals surface area contributed by atoms with Crippen molar-refractivity contribution in [3.63, 3.8) is 0 Å². The molecule has 86 valence electrons. The van der Waals surface area contributed by atoms with E-state index >= 15 is 0 Å². The van der Waals surface area contributed by atoms with Gasteiger partial charge >= 0.3 is 0 Å². The standard InChI is InChI=1S/C12H21NOS/c1-13-11(5-3-9-14-2)7-8-12-6-4-10-15-12/h4,6,10-11,13H,3,5,7-9H2,1-2H3. The van der Waals surface area contributed by atoms with Gasteiger partial charge in [0, 0.05) is 24.6 Å². The van der Waals surface area contributed by atoms with E-state index in [0.29, 0.717) is 6.04 Å². The number of methoxy groups -OCH3 is 1. The molecule has 0 aliphatic rings. The van der Waals surface area contributed by atoms with Gasteiger partial charge in [0.15, 0.2) is 0 Å². The van der Waals surface area contributed by atoms with E-state index in [1.54, 1.807) is 7.11 Å². The first-order chi connectivity index (χ1) is 7.36. The zero-order valence-corrected chi connectivity index (χ0v) is 10.5. The fraction of sp³-hybridized carbons (Fsp3) is 0.667. The van der Waals surface area contributed by atoms with Crippen LogP contribution in [0.2, 0.25) is 0 Å². The molecule has 0 saturated heterocycles. The average Bonchev–Trinajstić information content (AvgIpc) is 2.76. The summed E-state index contributed by atoms with van der Waals surface area (Å²) >= 11 is 1.85. The molecule has 1 atom stereocenters. The minimum atomic E-state index is 0.627. The molecule has 1 heterocycles. The van der Waals surface area contributed by atoms with Crippen LogP contribution in [0, 0.1) is 0 Å². The monoisotopic (exact) mass is 227 g/mol. The molecule has 0 saturated carbocycles. The Morgan fingerprint density at radius 3 is 2.93 bits per heavy atom. The maximum absolute atomic E-state index is 5.06. The van der Waals surface area contributed by atoms with Gasteiger partial charge in [-0.25, -0.2) is 0 Å². The van der Waals surface area contributed by atoms with Crippen LogP contribution in [0.5, 0.6) is 0 Å². The van der Waals surface area contributed by atoms with Crippen LogP contribution in [-0.2, 0) is 11.2 Å². The van der Waals surface area contributed by atoms with Crippen LogP contribution in [0.4, 0.5) is 0 Å². The van der Waals surface area contributed by atoms with Crippen molar-refractivity contribution < 1.29 is 4.74 Å². The van der Waals surface area contributed by atoms with Crippen molar-refractivity contribution in [2.24, 2.45) is 0 Å². The summed E-state index contributed by atoms with van der Waals surface area (Å²) in [6, 6.07) is 4.97. The fourth-order valence-electron chi connectivity index (χ4n) is 1.68. The Morgan fingerprint density at radius 2 is 2.33 bits per heavy atom. The van der Waals surface area contributed by atoms with Gasteiger partial charge < -0.3 is 10.1 Å². The Morgan fingerprint density at radius 1 is 1.47 bits per heavy atom. The van der Waals surface area contributed by atoms with Gasteiger partial charge in [0.25, 0.3) is 0 Å². The van der Waals surface area contributed by atoms with E-state index in [-0.39, 0.29) is 0 Å². The Labute approximate surface area is 96.7 Å². The molecular formula is C12H21NOS. The van der Waals surface area contributed by atoms with Crippen molar-refractivity contribution in [2.45, 2.75) is 31.7 Å². The maximum atomic E-state index is 5.06. The molecule has 1 aromatic rings. The lowest BCUT2D eigenvalue weighted by atomic mass is 10.1. The van der Waals surface area contributed by atoms with Crippen LogP contribution in [0.25, 0.3) is 0 Å². The van der Waals surface area contributed by atoms with Gasteiger partial charge in [0.2, 0.25) is 0 Å². The van der Waals surface area contributed by atoms with Gasteiger partial charge in [-0.05, 0) is 44.2 Å². The quantitative estimate of drug-likeness (QED) is 0.689. The SMILES string of the molecule is CNC(CCCOC)CCc1cccs1. The third-order valence-corrected chi connectivity index (χ3v) is 3.56. The zero-order valence-electron chi connectivity index (χ0n) is 9.66. The highest BCUT2D eigenvalue weighted by Crippen LogP contribution is 2.13. The molecule has 0 bridgehead atoms. The summed E-state index contributed by atoms with van der Waals surface area (Å²) in [7, 11) is 3.81. The number of aryl methyl sites for hydroxylation is 1. The summed E-state index contributed by atoms with van der Waals surface area (Å²) in [6.45, 7) is 0.872. The van der Waals surface area contributed by atoms with E-state index in [2.05, 4.69) is 22.8 Å². The molecule has 0 aliphatic heterocycles. The summed E-state index contributed by atoms with van der Waals surface area (Å²) in [4.78, 5) is 1.49. The van der Waals surface area contributed by atoms with Crippen molar-refractivity contribution in [3.05, 3.63) is 22.4 Å². The Balaban J connectivity index is 2.16. The molecule has 1 aromatic heterocycles. The third kappa shape index (κ3) is 5.30. The summed E-state index contributed by atoms with van der Waals surface area (Å²) in [5.74, 6) is 0. The van der Waals surface area contributed by atoms with Gasteiger partial charge in [-0.1, -0.05) is 6.07 Å². The van der Waals surface area contributed by atoms with Gasteiger partial charge in [-0.2, -0.15) is 0 Å². The largest absolute Gasteiger partial charge is 0.385 e. The van der Waals surface area contributed by atoms with Crippen LogP contribution in [0.3, 0.4) is 0 Å². The number of hydrogen-bond donors (Lipinski definition) is 1. The van der Waals surface area contributed by atoms with E-state index in [1.165, 1.54) is 24.1 Å². The van der Waals surface area contributed by atoms with Gasteiger partial charge in [-0.15, -0.1) is 11.3 Å². The topological polar surface area (TPSA) is 21.3 Å². The maximum Gasteiger partial charge on any atom is 0.0462 e. The Kier molecular flexibility index (Phi) is 6.64. The lowest BCUT2D eigenvalue weighted by Gasteiger charge is -2.15. The molecule has 1 rings (SSSR count). The van der Waals surface area contributed by atoms with E-state index < -0.39 is 0 Å². The first-order valence-corrected chi connectivity index (χ1v) is 6.43. The van der Waals surface area contributed by atoms with Crippen molar-refractivity contribution in [1.82, 2.24) is 5.32 Å². The molecule has 0 aliphatic carbocycles. The number of ether oxygens (including phenoxy) is 1. The predicted octanol–water partition coefficient (Wildman–Crippen LogP) is 2.70. The Hall–Kier alpha value is -0.380. The van der Waals surface area contributed by atoms with E-state index in [9.17, 15) is 0 Å². The average molecular weight is 227 g/mol. The van der Waals surface area contributed by atoms with Crippen LogP contribution in [-0.4, -0.2) is 26.8 Å². The van der Waals surface area contributed by atoms with Crippen molar-refractivity contribution in [2.75, 3.05) is 20.8 Å². The smallest absolute Gasteiger partial charge is 0.0462 e. The van der Waals surface area contributed by atoms with Crippen LogP contribution in [0.1, 0.15) is 24.1 Å². The van der Waals surface area contributed by atoms with E-state index in [1.807, 2.05) is 18.4 Å². The summed E-state index contributed by atoms with van der Waals surface area (Å²) in [5, 5.41) is 5.52. The highest BCUT2D eigenvalue weighted by molar-refractivity contribution is 7.09. The molecule has 0 amide bonds. The van der Waals surface area contributed by atoms with Gasteiger partial charge in [0.05, 0.1) is 0 Å². The van der Waals surface area contributed by atoms with Crippen molar-refractivity contribution >= 4 is 11.3 Å². The summed E-state index contributed by atoms with van der Waals surface area (Å²) < 4.78 is 5.06. The number of nitrogens with one attached hydrogen (secondary N) is 1. The third-order valence-electron chi connectivity index (χ3n) is 2.63. The predicted molar refractivity (Wildman–Crippen MR) is 66.6 cm³/mol. The number of hydrogen-bond acceptors (Lipinski definition) is 3. The lowest BCUT2D eigenvalue weighted by Crippen LogP contribution is -2.25. The minimum absolute atomic E-state index is 0.627. The molecular weight excluding hydrogens is 206 g/mol. The van der Waals surface area contributed by atoms with Gasteiger partial charge in [-0.3, -0.25) is 0 Å². The molecule has 0 fully saturated rings. The molecule has 2 nitrogen and oxygen atoms in total. The molecule has 1 N–H and O–H groups in total. The molecule has 0 radical (unpaired) electrons. The fourth-order valence-corrected chi connectivity index (χ4v) is 2.40. The van der Waals surface area contributed by atoms with Crippen LogP contribution < -0.4 is 5.32 Å². The second-order valence-electron chi connectivity index (χ2n) is 3.74. The molecule has 15 heavy (non-hydrogen) atoms. The first-order valence-electron chi connectivity index (χ1n) is 5.55. The van der Waals surface area contributed by atoms with E-state index in [0.717, 1.165) is 13.0 Å². The van der Waals surface area contributed by atoms with Gasteiger partial charge in [0.1, 0.15) is 0 Å². The normalized spacial score (nSPS) is 12.9. The zero-order chi connectivity index (χ0) is 10.9. The number of rotatable bonds is 8. The first kappa shape index (κ1) is 12.7. The summed E-state index contributed by atoms with van der Waals surface area (Å²) in [5.41, 5.74) is 0. The second-order valence-corrected chi connectivity index (χ2v) is 4.77. The van der Waals surface area contributed by atoms with Crippen LogP contribution in [0.15, 0.2) is 17.5 Å². The number of thiophene rings is 1. The van der Waals surface area contributed by atoms with Crippen molar-refractivity contribution in [3.8, 4) is 0 Å². The van der Waals surface area contributed by atoms with Crippen molar-refractivity contribution in [1.29, 1.82) is 0 Å². The minimum Gasteiger partial charge on any atom is -0.385 e. The summed E-state index contributed by atoms with van der Waals surface area (Å²) in [6.07, 6.45) is 4.76. The molecule has 3 heteroatoms. The highest BCUT2D eigenvalue weighted by atomic mass is 32.1. The molecule has 1 unspecified atom stereocenters.